The van der Waals surface area contributed by atoms with Gasteiger partial charge < -0.3 is 10.8 Å². The molecule has 1 aromatic rings. The lowest BCUT2D eigenvalue weighted by atomic mass is 10.2. The quantitative estimate of drug-likeness (QED) is 0.780. The topological polar surface area (TPSA) is 101 Å². The van der Waals surface area contributed by atoms with Gasteiger partial charge in [0.1, 0.15) is 0 Å². The lowest BCUT2D eigenvalue weighted by Gasteiger charge is -2.24. The van der Waals surface area contributed by atoms with E-state index in [1.807, 2.05) is 6.92 Å². The molecule has 1 rings (SSSR count). The molecule has 112 valence electrons. The molecule has 0 heterocycles. The van der Waals surface area contributed by atoms with Gasteiger partial charge in [-0.1, -0.05) is 13.3 Å². The molecule has 0 fully saturated rings. The van der Waals surface area contributed by atoms with Crippen LogP contribution in [0.15, 0.2) is 23.1 Å². The Morgan fingerprint density at radius 1 is 1.45 bits per heavy atom. The van der Waals surface area contributed by atoms with Crippen LogP contribution in [0.3, 0.4) is 0 Å². The minimum absolute atomic E-state index is 0.213. The van der Waals surface area contributed by atoms with Crippen LogP contribution in [0.5, 0.6) is 0 Å². The molecule has 0 aliphatic carbocycles. The van der Waals surface area contributed by atoms with E-state index >= 15 is 0 Å². The van der Waals surface area contributed by atoms with Crippen LogP contribution < -0.4 is 5.73 Å². The predicted octanol–water partition coefficient (Wildman–Crippen LogP) is 1.78. The molecule has 0 spiro atoms. The van der Waals surface area contributed by atoms with Crippen LogP contribution in [-0.4, -0.2) is 36.9 Å². The summed E-state index contributed by atoms with van der Waals surface area (Å²) in [6.45, 7) is 3.74. The van der Waals surface area contributed by atoms with Gasteiger partial charge >= 0.3 is 5.97 Å². The number of aromatic carboxylic acids is 1. The van der Waals surface area contributed by atoms with E-state index in [9.17, 15) is 13.2 Å². The Bertz CT molecular complexity index is 598. The number of benzene rings is 1. The molecule has 3 N–H and O–H groups in total. The predicted molar refractivity (Wildman–Crippen MR) is 77.1 cm³/mol. The van der Waals surface area contributed by atoms with Crippen molar-refractivity contribution in [1.29, 1.82) is 0 Å². The zero-order valence-electron chi connectivity index (χ0n) is 11.8. The highest BCUT2D eigenvalue weighted by molar-refractivity contribution is 7.89. The van der Waals surface area contributed by atoms with Crippen LogP contribution in [0.25, 0.3) is 0 Å². The number of nitrogen functional groups attached to an aromatic ring is 1. The van der Waals surface area contributed by atoms with Crippen LogP contribution in [-0.2, 0) is 10.0 Å². The maximum atomic E-state index is 12.5. The van der Waals surface area contributed by atoms with Gasteiger partial charge in [-0.2, -0.15) is 4.31 Å². The number of nitrogens with zero attached hydrogens (tertiary/aromatic N) is 1. The van der Waals surface area contributed by atoms with Crippen molar-refractivity contribution in [1.82, 2.24) is 4.31 Å². The maximum absolute atomic E-state index is 12.5. The second kappa shape index (κ2) is 6.23. The summed E-state index contributed by atoms with van der Waals surface area (Å²) in [5.41, 5.74) is 5.53. The molecule has 0 radical (unpaired) electrons. The standard InChI is InChI=1S/C13H20N2O4S/c1-4-5-9(2)15(3)20(18,19)12-8-10(14)6-7-11(12)13(16)17/h6-9H,4-5,14H2,1-3H3,(H,16,17). The first-order chi connectivity index (χ1) is 9.21. The first-order valence-corrected chi connectivity index (χ1v) is 7.76. The molecule has 0 aromatic heterocycles. The molecule has 0 aliphatic rings. The minimum Gasteiger partial charge on any atom is -0.478 e. The average Bonchev–Trinajstić information content (AvgIpc) is 2.37. The third-order valence-corrected chi connectivity index (χ3v) is 5.23. The fourth-order valence-corrected chi connectivity index (χ4v) is 3.53. The molecule has 0 aliphatic heterocycles. The lowest BCUT2D eigenvalue weighted by molar-refractivity contribution is 0.0692. The summed E-state index contributed by atoms with van der Waals surface area (Å²) in [5.74, 6) is -1.29. The summed E-state index contributed by atoms with van der Waals surface area (Å²) in [4.78, 5) is 10.9. The molecule has 7 heteroatoms. The molecule has 0 bridgehead atoms. The van der Waals surface area contributed by atoms with E-state index in [-0.39, 0.29) is 22.2 Å². The molecule has 0 amide bonds. The number of sulfonamides is 1. The van der Waals surface area contributed by atoms with E-state index in [1.54, 1.807) is 6.92 Å². The van der Waals surface area contributed by atoms with Crippen molar-refractivity contribution < 1.29 is 18.3 Å². The number of hydrogen-bond donors (Lipinski definition) is 2. The number of nitrogens with two attached hydrogens (primary N) is 1. The lowest BCUT2D eigenvalue weighted by Crippen LogP contribution is -2.35. The van der Waals surface area contributed by atoms with E-state index < -0.39 is 16.0 Å². The molecule has 1 aromatic carbocycles. The smallest absolute Gasteiger partial charge is 0.337 e. The van der Waals surface area contributed by atoms with E-state index in [0.717, 1.165) is 6.42 Å². The number of rotatable bonds is 6. The Morgan fingerprint density at radius 2 is 2.05 bits per heavy atom. The Hall–Kier alpha value is -1.60. The van der Waals surface area contributed by atoms with Gasteiger partial charge in [0.2, 0.25) is 10.0 Å². The monoisotopic (exact) mass is 300 g/mol. The van der Waals surface area contributed by atoms with Crippen LogP contribution >= 0.6 is 0 Å². The normalized spacial score (nSPS) is 13.4. The fraction of sp³-hybridized carbons (Fsp3) is 0.462. The highest BCUT2D eigenvalue weighted by Gasteiger charge is 2.29. The van der Waals surface area contributed by atoms with Crippen LogP contribution in [0.4, 0.5) is 5.69 Å². The van der Waals surface area contributed by atoms with Gasteiger partial charge in [-0.25, -0.2) is 13.2 Å². The Morgan fingerprint density at radius 3 is 2.55 bits per heavy atom. The first kappa shape index (κ1) is 16.5. The molecule has 0 saturated heterocycles. The van der Waals surface area contributed by atoms with E-state index in [2.05, 4.69) is 0 Å². The van der Waals surface area contributed by atoms with Gasteiger partial charge in [0.15, 0.2) is 0 Å². The summed E-state index contributed by atoms with van der Waals surface area (Å²) < 4.78 is 26.3. The molecule has 1 unspecified atom stereocenters. The van der Waals surface area contributed by atoms with Gasteiger partial charge in [0.25, 0.3) is 0 Å². The summed E-state index contributed by atoms with van der Waals surface area (Å²) in [5, 5.41) is 9.12. The summed E-state index contributed by atoms with van der Waals surface area (Å²) in [6.07, 6.45) is 1.53. The van der Waals surface area contributed by atoms with Gasteiger partial charge in [-0.3, -0.25) is 0 Å². The van der Waals surface area contributed by atoms with Gasteiger partial charge in [0, 0.05) is 18.8 Å². The number of carbonyl (C=O) groups is 1. The zero-order valence-corrected chi connectivity index (χ0v) is 12.6. The molecule has 0 saturated carbocycles. The van der Waals surface area contributed by atoms with Crippen LogP contribution in [0.2, 0.25) is 0 Å². The summed E-state index contributed by atoms with van der Waals surface area (Å²) >= 11 is 0. The molecular formula is C13H20N2O4S. The summed E-state index contributed by atoms with van der Waals surface area (Å²) in [7, 11) is -2.44. The van der Waals surface area contributed by atoms with Crippen LogP contribution in [0.1, 0.15) is 37.0 Å². The number of carboxylic acids is 1. The van der Waals surface area contributed by atoms with E-state index in [1.165, 1.54) is 29.6 Å². The van der Waals surface area contributed by atoms with E-state index in [4.69, 9.17) is 10.8 Å². The third kappa shape index (κ3) is 3.29. The highest BCUT2D eigenvalue weighted by atomic mass is 32.2. The highest BCUT2D eigenvalue weighted by Crippen LogP contribution is 2.24. The third-order valence-electron chi connectivity index (χ3n) is 3.22. The number of carboxylic acid groups (broad SMARTS) is 1. The van der Waals surface area contributed by atoms with Gasteiger partial charge in [-0.05, 0) is 31.5 Å². The van der Waals surface area contributed by atoms with Crippen molar-refractivity contribution in [3.8, 4) is 0 Å². The SMILES string of the molecule is CCCC(C)N(C)S(=O)(=O)c1cc(N)ccc1C(=O)O. The van der Waals surface area contributed by atoms with Crippen molar-refractivity contribution >= 4 is 21.7 Å². The summed E-state index contributed by atoms with van der Waals surface area (Å²) in [6, 6.07) is 3.56. The molecular weight excluding hydrogens is 280 g/mol. The van der Waals surface area contributed by atoms with Crippen molar-refractivity contribution in [2.75, 3.05) is 12.8 Å². The van der Waals surface area contributed by atoms with Gasteiger partial charge in [-0.15, -0.1) is 0 Å². The Balaban J connectivity index is 3.34. The number of anilines is 1. The maximum Gasteiger partial charge on any atom is 0.337 e. The van der Waals surface area contributed by atoms with Gasteiger partial charge in [0.05, 0.1) is 10.5 Å². The first-order valence-electron chi connectivity index (χ1n) is 6.32. The Labute approximate surface area is 119 Å². The minimum atomic E-state index is -3.89. The molecule has 20 heavy (non-hydrogen) atoms. The van der Waals surface area contributed by atoms with Crippen molar-refractivity contribution in [3.63, 3.8) is 0 Å². The second-order valence-corrected chi connectivity index (χ2v) is 6.69. The van der Waals surface area contributed by atoms with Crippen molar-refractivity contribution in [3.05, 3.63) is 23.8 Å². The van der Waals surface area contributed by atoms with E-state index in [0.29, 0.717) is 6.42 Å². The second-order valence-electron chi connectivity index (χ2n) is 4.72. The average molecular weight is 300 g/mol. The van der Waals surface area contributed by atoms with Crippen molar-refractivity contribution in [2.45, 2.75) is 37.6 Å². The largest absolute Gasteiger partial charge is 0.478 e. The fourth-order valence-electron chi connectivity index (χ4n) is 1.92. The van der Waals surface area contributed by atoms with Crippen LogP contribution in [0, 0.1) is 0 Å². The zero-order chi connectivity index (χ0) is 15.5. The number of hydrogen-bond acceptors (Lipinski definition) is 4. The Kier molecular flexibility index (Phi) is 5.13. The molecule has 6 nitrogen and oxygen atoms in total. The van der Waals surface area contributed by atoms with Crippen molar-refractivity contribution in [2.24, 2.45) is 0 Å². The molecule has 1 atom stereocenters.